The average Bonchev–Trinajstić information content (AvgIpc) is 2.61. The summed E-state index contributed by atoms with van der Waals surface area (Å²) in [5.41, 5.74) is 4.35. The van der Waals surface area contributed by atoms with Crippen molar-refractivity contribution in [1.82, 2.24) is 5.43 Å². The zero-order valence-corrected chi connectivity index (χ0v) is 15.0. The molecule has 0 fully saturated rings. The first-order valence-electron chi connectivity index (χ1n) is 7.93. The van der Waals surface area contributed by atoms with E-state index in [0.29, 0.717) is 24.5 Å². The van der Waals surface area contributed by atoms with Crippen LogP contribution in [0, 0.1) is 6.92 Å². The number of halogens is 1. The molecule has 25 heavy (non-hydrogen) atoms. The number of ether oxygens (including phenoxy) is 2. The van der Waals surface area contributed by atoms with Crippen LogP contribution in [0.25, 0.3) is 0 Å². The number of amides is 1. The molecular weight excluding hydrogens is 340 g/mol. The molecule has 132 valence electrons. The van der Waals surface area contributed by atoms with Crippen molar-refractivity contribution >= 4 is 23.7 Å². The van der Waals surface area contributed by atoms with Crippen molar-refractivity contribution in [2.45, 2.75) is 19.8 Å². The summed E-state index contributed by atoms with van der Waals surface area (Å²) in [7, 11) is 1.61. The molecule has 0 saturated heterocycles. The highest BCUT2D eigenvalue weighted by Crippen LogP contribution is 2.21. The van der Waals surface area contributed by atoms with Crippen molar-refractivity contribution in [3.05, 3.63) is 58.6 Å². The molecule has 5 nitrogen and oxygen atoms in total. The van der Waals surface area contributed by atoms with Crippen molar-refractivity contribution < 1.29 is 14.3 Å². The standard InChI is InChI=1S/C19H21ClN2O3/c1-14-12-16(20)7-10-18(14)25-11-3-4-19(23)22-21-13-15-5-8-17(24-2)9-6-15/h5-10,12-13H,3-4,11H2,1-2H3,(H,22,23)/b21-13-. The molecule has 0 aliphatic heterocycles. The summed E-state index contributed by atoms with van der Waals surface area (Å²) in [6.45, 7) is 2.39. The van der Waals surface area contributed by atoms with Gasteiger partial charge in [-0.15, -0.1) is 0 Å². The Morgan fingerprint density at radius 1 is 1.24 bits per heavy atom. The number of nitrogens with zero attached hydrogens (tertiary/aromatic N) is 1. The first-order chi connectivity index (χ1) is 12.1. The van der Waals surface area contributed by atoms with Crippen molar-refractivity contribution in [2.75, 3.05) is 13.7 Å². The van der Waals surface area contributed by atoms with Crippen LogP contribution < -0.4 is 14.9 Å². The van der Waals surface area contributed by atoms with E-state index in [1.165, 1.54) is 0 Å². The Morgan fingerprint density at radius 3 is 2.68 bits per heavy atom. The van der Waals surface area contributed by atoms with Gasteiger partial charge >= 0.3 is 0 Å². The second-order valence-electron chi connectivity index (χ2n) is 5.43. The first-order valence-corrected chi connectivity index (χ1v) is 8.31. The lowest BCUT2D eigenvalue weighted by Gasteiger charge is -2.08. The Hall–Kier alpha value is -2.53. The monoisotopic (exact) mass is 360 g/mol. The highest BCUT2D eigenvalue weighted by Gasteiger charge is 2.03. The molecule has 0 aromatic heterocycles. The van der Waals surface area contributed by atoms with E-state index in [2.05, 4.69) is 10.5 Å². The van der Waals surface area contributed by atoms with Crippen LogP contribution in [0.3, 0.4) is 0 Å². The van der Waals surface area contributed by atoms with E-state index >= 15 is 0 Å². The van der Waals surface area contributed by atoms with Crippen LogP contribution in [-0.2, 0) is 4.79 Å². The smallest absolute Gasteiger partial charge is 0.240 e. The van der Waals surface area contributed by atoms with E-state index in [4.69, 9.17) is 21.1 Å². The Morgan fingerprint density at radius 2 is 2.00 bits per heavy atom. The summed E-state index contributed by atoms with van der Waals surface area (Å²) >= 11 is 5.90. The molecule has 0 saturated carbocycles. The molecule has 0 unspecified atom stereocenters. The fourth-order valence-electron chi connectivity index (χ4n) is 2.11. The number of hydrogen-bond donors (Lipinski definition) is 1. The van der Waals surface area contributed by atoms with Crippen molar-refractivity contribution in [2.24, 2.45) is 5.10 Å². The topological polar surface area (TPSA) is 59.9 Å². The summed E-state index contributed by atoms with van der Waals surface area (Å²) in [5.74, 6) is 1.40. The lowest BCUT2D eigenvalue weighted by Crippen LogP contribution is -2.18. The Labute approximate surface area is 152 Å². The molecule has 0 bridgehead atoms. The summed E-state index contributed by atoms with van der Waals surface area (Å²) in [6, 6.07) is 12.8. The molecule has 0 aliphatic rings. The normalized spacial score (nSPS) is 10.7. The lowest BCUT2D eigenvalue weighted by atomic mass is 10.2. The van der Waals surface area contributed by atoms with E-state index in [9.17, 15) is 4.79 Å². The van der Waals surface area contributed by atoms with Crippen molar-refractivity contribution in [1.29, 1.82) is 0 Å². The molecule has 2 aromatic carbocycles. The number of carbonyl (C=O) groups excluding carboxylic acids is 1. The van der Waals surface area contributed by atoms with Gasteiger partial charge in [-0.2, -0.15) is 5.10 Å². The van der Waals surface area contributed by atoms with Crippen LogP contribution >= 0.6 is 11.6 Å². The van der Waals surface area contributed by atoms with Gasteiger partial charge in [-0.1, -0.05) is 11.6 Å². The largest absolute Gasteiger partial charge is 0.497 e. The molecule has 0 atom stereocenters. The van der Waals surface area contributed by atoms with Gasteiger partial charge in [0, 0.05) is 11.4 Å². The Kier molecular flexibility index (Phi) is 7.29. The number of aryl methyl sites for hydroxylation is 1. The first kappa shape index (κ1) is 18.8. The fourth-order valence-corrected chi connectivity index (χ4v) is 2.34. The van der Waals surface area contributed by atoms with Gasteiger partial charge in [0.05, 0.1) is 19.9 Å². The third kappa shape index (κ3) is 6.47. The molecule has 0 heterocycles. The SMILES string of the molecule is COc1ccc(/C=N\NC(=O)CCCOc2ccc(Cl)cc2C)cc1. The number of hydrogen-bond acceptors (Lipinski definition) is 4. The van der Waals surface area contributed by atoms with E-state index in [1.807, 2.05) is 43.3 Å². The maximum absolute atomic E-state index is 11.7. The van der Waals surface area contributed by atoms with Gasteiger partial charge in [-0.3, -0.25) is 4.79 Å². The quantitative estimate of drug-likeness (QED) is 0.440. The highest BCUT2D eigenvalue weighted by atomic mass is 35.5. The second-order valence-corrected chi connectivity index (χ2v) is 5.86. The van der Waals surface area contributed by atoms with Crippen molar-refractivity contribution in [3.8, 4) is 11.5 Å². The molecule has 2 aromatic rings. The summed E-state index contributed by atoms with van der Waals surface area (Å²) in [5, 5.41) is 4.62. The summed E-state index contributed by atoms with van der Waals surface area (Å²) in [6.07, 6.45) is 2.53. The van der Waals surface area contributed by atoms with E-state index in [-0.39, 0.29) is 5.91 Å². The van der Waals surface area contributed by atoms with E-state index in [1.54, 1.807) is 19.4 Å². The van der Waals surface area contributed by atoms with Crippen LogP contribution in [0.5, 0.6) is 11.5 Å². The second kappa shape index (κ2) is 9.69. The zero-order chi connectivity index (χ0) is 18.1. The minimum Gasteiger partial charge on any atom is -0.497 e. The van der Waals surface area contributed by atoms with Crippen LogP contribution in [0.1, 0.15) is 24.0 Å². The predicted octanol–water partition coefficient (Wildman–Crippen LogP) is 3.97. The summed E-state index contributed by atoms with van der Waals surface area (Å²) in [4.78, 5) is 11.7. The van der Waals surface area contributed by atoms with Crippen LogP contribution in [0.2, 0.25) is 5.02 Å². The van der Waals surface area contributed by atoms with Gasteiger partial charge < -0.3 is 9.47 Å². The van der Waals surface area contributed by atoms with Gasteiger partial charge in [-0.05, 0) is 66.9 Å². The van der Waals surface area contributed by atoms with Gasteiger partial charge in [-0.25, -0.2) is 5.43 Å². The maximum atomic E-state index is 11.7. The fraction of sp³-hybridized carbons (Fsp3) is 0.263. The highest BCUT2D eigenvalue weighted by molar-refractivity contribution is 6.30. The number of nitrogens with one attached hydrogen (secondary N) is 1. The Bertz CT molecular complexity index is 730. The molecule has 1 amide bonds. The number of hydrazone groups is 1. The average molecular weight is 361 g/mol. The van der Waals surface area contributed by atoms with Crippen LogP contribution in [0.4, 0.5) is 0 Å². The third-order valence-electron chi connectivity index (χ3n) is 3.46. The molecule has 6 heteroatoms. The predicted molar refractivity (Wildman–Crippen MR) is 99.6 cm³/mol. The minimum absolute atomic E-state index is 0.152. The third-order valence-corrected chi connectivity index (χ3v) is 3.70. The number of rotatable bonds is 8. The van der Waals surface area contributed by atoms with E-state index in [0.717, 1.165) is 22.6 Å². The molecule has 0 radical (unpaired) electrons. The van der Waals surface area contributed by atoms with Gasteiger partial charge in [0.25, 0.3) is 0 Å². The molecule has 0 aliphatic carbocycles. The Balaban J connectivity index is 1.67. The van der Waals surface area contributed by atoms with Crippen LogP contribution in [0.15, 0.2) is 47.6 Å². The van der Waals surface area contributed by atoms with Crippen molar-refractivity contribution in [3.63, 3.8) is 0 Å². The van der Waals surface area contributed by atoms with Gasteiger partial charge in [0.15, 0.2) is 0 Å². The molecule has 2 rings (SSSR count). The number of carbonyl (C=O) groups is 1. The van der Waals surface area contributed by atoms with Gasteiger partial charge in [0.1, 0.15) is 11.5 Å². The number of methoxy groups -OCH3 is 1. The minimum atomic E-state index is -0.152. The summed E-state index contributed by atoms with van der Waals surface area (Å²) < 4.78 is 10.7. The maximum Gasteiger partial charge on any atom is 0.240 e. The molecule has 0 spiro atoms. The van der Waals surface area contributed by atoms with Gasteiger partial charge in [0.2, 0.25) is 5.91 Å². The molecular formula is C19H21ClN2O3. The molecule has 1 N–H and O–H groups in total. The lowest BCUT2D eigenvalue weighted by molar-refractivity contribution is -0.121. The van der Waals surface area contributed by atoms with Crippen LogP contribution in [-0.4, -0.2) is 25.8 Å². The zero-order valence-electron chi connectivity index (χ0n) is 14.3. The number of benzene rings is 2. The van der Waals surface area contributed by atoms with E-state index < -0.39 is 0 Å².